The number of benzene rings is 2. The summed E-state index contributed by atoms with van der Waals surface area (Å²) >= 11 is 0. The van der Waals surface area contributed by atoms with Crippen LogP contribution in [0, 0.1) is 0 Å². The summed E-state index contributed by atoms with van der Waals surface area (Å²) in [7, 11) is 0. The number of aliphatic hydroxyl groups is 1. The van der Waals surface area contributed by atoms with Crippen molar-refractivity contribution in [2.24, 2.45) is 5.73 Å². The fourth-order valence-electron chi connectivity index (χ4n) is 2.35. The van der Waals surface area contributed by atoms with Gasteiger partial charge in [-0.3, -0.25) is 0 Å². The minimum atomic E-state index is -0.955. The molecule has 2 atom stereocenters. The van der Waals surface area contributed by atoms with Gasteiger partial charge >= 0.3 is 0 Å². The van der Waals surface area contributed by atoms with E-state index < -0.39 is 11.7 Å². The van der Waals surface area contributed by atoms with E-state index >= 15 is 0 Å². The summed E-state index contributed by atoms with van der Waals surface area (Å²) in [6, 6.07) is 17.0. The molecule has 118 valence electrons. The Morgan fingerprint density at radius 2 is 1.64 bits per heavy atom. The highest BCUT2D eigenvalue weighted by atomic mass is 16.5. The molecule has 0 aromatic heterocycles. The van der Waals surface area contributed by atoms with Crippen LogP contribution < -0.4 is 15.2 Å². The molecule has 3 N–H and O–H groups in total. The van der Waals surface area contributed by atoms with Gasteiger partial charge in [-0.25, -0.2) is 0 Å². The largest absolute Gasteiger partial charge is 0.490 e. The topological polar surface area (TPSA) is 64.7 Å². The third-order valence-corrected chi connectivity index (χ3v) is 3.68. The molecule has 0 fully saturated rings. The van der Waals surface area contributed by atoms with Gasteiger partial charge in [0.25, 0.3) is 0 Å². The summed E-state index contributed by atoms with van der Waals surface area (Å²) in [5.74, 6) is 1.24. The van der Waals surface area contributed by atoms with Crippen molar-refractivity contribution >= 4 is 0 Å². The van der Waals surface area contributed by atoms with Crippen LogP contribution in [-0.2, 0) is 5.60 Å². The molecule has 4 heteroatoms. The molecule has 0 bridgehead atoms. The lowest BCUT2D eigenvalue weighted by molar-refractivity contribution is -0.0424. The quantitative estimate of drug-likeness (QED) is 0.825. The van der Waals surface area contributed by atoms with Gasteiger partial charge in [0.2, 0.25) is 0 Å². The summed E-state index contributed by atoms with van der Waals surface area (Å²) in [6.45, 7) is 4.40. The number of aliphatic hydroxyl groups excluding tert-OH is 1. The van der Waals surface area contributed by atoms with Gasteiger partial charge in [0.15, 0.2) is 17.1 Å². The van der Waals surface area contributed by atoms with Gasteiger partial charge in [-0.2, -0.15) is 0 Å². The molecule has 0 saturated heterocycles. The van der Waals surface area contributed by atoms with Gasteiger partial charge in [-0.05, 0) is 31.5 Å². The number of ether oxygens (including phenoxy) is 2. The minimum absolute atomic E-state index is 0.0994. The van der Waals surface area contributed by atoms with Crippen molar-refractivity contribution in [2.45, 2.75) is 25.6 Å². The van der Waals surface area contributed by atoms with Gasteiger partial charge in [-0.15, -0.1) is 0 Å². The molecular weight excluding hydrogens is 278 g/mol. The lowest BCUT2D eigenvalue weighted by atomic mass is 9.89. The Balaban J connectivity index is 2.40. The van der Waals surface area contributed by atoms with Crippen molar-refractivity contribution in [2.75, 3.05) is 13.2 Å². The van der Waals surface area contributed by atoms with Gasteiger partial charge < -0.3 is 20.3 Å². The van der Waals surface area contributed by atoms with Crippen molar-refractivity contribution in [3.05, 3.63) is 60.2 Å². The van der Waals surface area contributed by atoms with Crippen LogP contribution in [-0.4, -0.2) is 24.4 Å². The summed E-state index contributed by atoms with van der Waals surface area (Å²) in [5.41, 5.74) is 5.59. The van der Waals surface area contributed by atoms with E-state index in [0.29, 0.717) is 18.1 Å². The Hall–Kier alpha value is -2.04. The van der Waals surface area contributed by atoms with Crippen molar-refractivity contribution < 1.29 is 14.6 Å². The molecule has 0 spiro atoms. The molecule has 2 aromatic rings. The van der Waals surface area contributed by atoms with Crippen LogP contribution >= 0.6 is 0 Å². The predicted octanol–water partition coefficient (Wildman–Crippen LogP) is 2.70. The average Bonchev–Trinajstić information content (AvgIpc) is 2.56. The first-order valence-electron chi connectivity index (χ1n) is 7.46. The molecule has 0 aliphatic rings. The SMILES string of the molecule is CCOc1ccccc1OC(C)(c1ccccc1)C(O)CN. The number of para-hydroxylation sites is 2. The highest BCUT2D eigenvalue weighted by molar-refractivity contribution is 5.41. The first-order valence-corrected chi connectivity index (χ1v) is 7.46. The van der Waals surface area contributed by atoms with Crippen molar-refractivity contribution in [3.8, 4) is 11.5 Å². The Labute approximate surface area is 131 Å². The van der Waals surface area contributed by atoms with Gasteiger partial charge in [0.05, 0.1) is 6.61 Å². The summed E-state index contributed by atoms with van der Waals surface area (Å²) in [5, 5.41) is 10.4. The summed E-state index contributed by atoms with van der Waals surface area (Å²) < 4.78 is 11.8. The van der Waals surface area contributed by atoms with Crippen LogP contribution in [0.5, 0.6) is 11.5 Å². The zero-order valence-corrected chi connectivity index (χ0v) is 13.0. The van der Waals surface area contributed by atoms with Gasteiger partial charge in [0.1, 0.15) is 6.10 Å². The first kappa shape index (κ1) is 16.3. The molecule has 0 aliphatic heterocycles. The highest BCUT2D eigenvalue weighted by Gasteiger charge is 2.37. The third kappa shape index (κ3) is 3.40. The first-order chi connectivity index (χ1) is 10.6. The molecule has 2 unspecified atom stereocenters. The van der Waals surface area contributed by atoms with E-state index in [2.05, 4.69) is 0 Å². The van der Waals surface area contributed by atoms with Crippen molar-refractivity contribution in [3.63, 3.8) is 0 Å². The van der Waals surface area contributed by atoms with E-state index in [-0.39, 0.29) is 6.54 Å². The number of rotatable bonds is 7. The molecule has 4 nitrogen and oxygen atoms in total. The normalized spacial score (nSPS) is 14.9. The van der Waals surface area contributed by atoms with Crippen LogP contribution in [0.25, 0.3) is 0 Å². The van der Waals surface area contributed by atoms with Crippen LogP contribution in [0.2, 0.25) is 0 Å². The molecule has 2 rings (SSSR count). The van der Waals surface area contributed by atoms with Crippen LogP contribution in [0.4, 0.5) is 0 Å². The highest BCUT2D eigenvalue weighted by Crippen LogP contribution is 2.36. The maximum absolute atomic E-state index is 10.4. The molecule has 0 radical (unpaired) electrons. The van der Waals surface area contributed by atoms with Crippen LogP contribution in [0.15, 0.2) is 54.6 Å². The van der Waals surface area contributed by atoms with Crippen LogP contribution in [0.3, 0.4) is 0 Å². The Morgan fingerprint density at radius 3 is 2.23 bits per heavy atom. The number of hydrogen-bond acceptors (Lipinski definition) is 4. The Morgan fingerprint density at radius 1 is 1.05 bits per heavy atom. The maximum Gasteiger partial charge on any atom is 0.162 e. The monoisotopic (exact) mass is 301 g/mol. The molecule has 0 heterocycles. The second-order valence-corrected chi connectivity index (χ2v) is 5.21. The molecule has 2 aromatic carbocycles. The van der Waals surface area contributed by atoms with Crippen LogP contribution in [0.1, 0.15) is 19.4 Å². The minimum Gasteiger partial charge on any atom is -0.490 e. The second kappa shape index (κ2) is 7.29. The lowest BCUT2D eigenvalue weighted by Gasteiger charge is -2.35. The molecular formula is C18H23NO3. The van der Waals surface area contributed by atoms with E-state index in [9.17, 15) is 5.11 Å². The Bertz CT molecular complexity index is 588. The van der Waals surface area contributed by atoms with E-state index in [1.807, 2.05) is 68.4 Å². The summed E-state index contributed by atoms with van der Waals surface area (Å²) in [4.78, 5) is 0. The zero-order chi connectivity index (χ0) is 16.0. The van der Waals surface area contributed by atoms with E-state index in [4.69, 9.17) is 15.2 Å². The van der Waals surface area contributed by atoms with Crippen molar-refractivity contribution in [1.29, 1.82) is 0 Å². The average molecular weight is 301 g/mol. The number of hydrogen-bond donors (Lipinski definition) is 2. The van der Waals surface area contributed by atoms with E-state index in [0.717, 1.165) is 5.56 Å². The smallest absolute Gasteiger partial charge is 0.162 e. The lowest BCUT2D eigenvalue weighted by Crippen LogP contribution is -2.46. The van der Waals surface area contributed by atoms with Crippen molar-refractivity contribution in [1.82, 2.24) is 0 Å². The van der Waals surface area contributed by atoms with Gasteiger partial charge in [-0.1, -0.05) is 42.5 Å². The zero-order valence-electron chi connectivity index (χ0n) is 13.0. The fraction of sp³-hybridized carbons (Fsp3) is 0.333. The van der Waals surface area contributed by atoms with E-state index in [1.54, 1.807) is 0 Å². The molecule has 22 heavy (non-hydrogen) atoms. The summed E-state index contributed by atoms with van der Waals surface area (Å²) in [6.07, 6.45) is -0.843. The molecule has 0 aliphatic carbocycles. The fourth-order valence-corrected chi connectivity index (χ4v) is 2.35. The third-order valence-electron chi connectivity index (χ3n) is 3.68. The Kier molecular flexibility index (Phi) is 5.41. The van der Waals surface area contributed by atoms with E-state index in [1.165, 1.54) is 0 Å². The molecule has 0 saturated carbocycles. The number of nitrogens with two attached hydrogens (primary N) is 1. The van der Waals surface area contributed by atoms with Gasteiger partial charge in [0, 0.05) is 6.54 Å². The predicted molar refractivity (Wildman–Crippen MR) is 87.1 cm³/mol. The standard InChI is InChI=1S/C18H23NO3/c1-3-21-15-11-7-8-12-16(15)22-18(2,17(20)13-19)14-9-5-4-6-10-14/h4-12,17,20H,3,13,19H2,1-2H3. The second-order valence-electron chi connectivity index (χ2n) is 5.21. The maximum atomic E-state index is 10.4. The molecule has 0 amide bonds.